The van der Waals surface area contributed by atoms with Gasteiger partial charge >= 0.3 is 0 Å². The fraction of sp³-hybridized carbons (Fsp3) is 0.423. The summed E-state index contributed by atoms with van der Waals surface area (Å²) in [5.41, 5.74) is 2.38. The summed E-state index contributed by atoms with van der Waals surface area (Å²) in [4.78, 5) is 0. The lowest BCUT2D eigenvalue weighted by Gasteiger charge is -2.52. The number of rotatable bonds is 5. The number of benzene rings is 2. The highest BCUT2D eigenvalue weighted by Gasteiger charge is 2.47. The molecule has 3 aromatic rings. The Hall–Kier alpha value is -3.27. The summed E-state index contributed by atoms with van der Waals surface area (Å²) in [6, 6.07) is 11.6. The summed E-state index contributed by atoms with van der Waals surface area (Å²) in [6.07, 6.45) is 7.98. The van der Waals surface area contributed by atoms with Crippen LogP contribution in [0.5, 0.6) is 0 Å². The normalized spacial score (nSPS) is 28.2. The molecule has 1 aliphatic heterocycles. The van der Waals surface area contributed by atoms with E-state index in [2.05, 4.69) is 21.0 Å². The highest BCUT2D eigenvalue weighted by atomic mass is 19.1. The molecule has 168 valence electrons. The molecule has 5 nitrogen and oxygen atoms in total. The zero-order valence-corrected chi connectivity index (χ0v) is 18.2. The quantitative estimate of drug-likeness (QED) is 0.537. The Morgan fingerprint density at radius 1 is 0.970 bits per heavy atom. The van der Waals surface area contributed by atoms with Gasteiger partial charge in [-0.05, 0) is 78.8 Å². The maximum Gasteiger partial charge on any atom is 0.126 e. The van der Waals surface area contributed by atoms with Crippen LogP contribution in [0.15, 0.2) is 47.7 Å². The van der Waals surface area contributed by atoms with E-state index in [9.17, 15) is 8.78 Å². The molecule has 1 unspecified atom stereocenters. The molecule has 3 saturated carbocycles. The fourth-order valence-corrected chi connectivity index (χ4v) is 6.17. The van der Waals surface area contributed by atoms with Gasteiger partial charge in [-0.15, -0.1) is 0 Å². The summed E-state index contributed by atoms with van der Waals surface area (Å²) in [7, 11) is 0. The SMILES string of the molecule is N#Cc1ccc2c(cnn2C[C@@H]2CC(CN3N=CC[C@H]3c3cc(F)cc(F)c3)C3CC2C3)c1. The van der Waals surface area contributed by atoms with Crippen molar-refractivity contribution in [2.45, 2.75) is 38.3 Å². The van der Waals surface area contributed by atoms with Crippen molar-refractivity contribution in [1.29, 1.82) is 5.26 Å². The lowest BCUT2D eigenvalue weighted by Crippen LogP contribution is -2.47. The molecular formula is C26H25F2N5. The van der Waals surface area contributed by atoms with E-state index in [0.29, 0.717) is 35.3 Å². The minimum Gasteiger partial charge on any atom is -0.289 e. The molecule has 0 saturated heterocycles. The highest BCUT2D eigenvalue weighted by Crippen LogP contribution is 2.53. The van der Waals surface area contributed by atoms with Gasteiger partial charge in [0.15, 0.2) is 0 Å². The maximum absolute atomic E-state index is 13.8. The first-order valence-corrected chi connectivity index (χ1v) is 11.7. The molecule has 7 rings (SSSR count). The lowest BCUT2D eigenvalue weighted by molar-refractivity contribution is -0.0306. The van der Waals surface area contributed by atoms with Crippen LogP contribution in [-0.2, 0) is 6.54 Å². The van der Waals surface area contributed by atoms with Crippen LogP contribution in [0.25, 0.3) is 10.9 Å². The largest absolute Gasteiger partial charge is 0.289 e. The molecule has 2 heterocycles. The lowest BCUT2D eigenvalue weighted by atomic mass is 9.55. The van der Waals surface area contributed by atoms with Crippen LogP contribution < -0.4 is 0 Å². The van der Waals surface area contributed by atoms with Gasteiger partial charge in [0, 0.05) is 37.2 Å². The summed E-state index contributed by atoms with van der Waals surface area (Å²) < 4.78 is 29.7. The van der Waals surface area contributed by atoms with Crippen LogP contribution in [-0.4, -0.2) is 27.5 Å². The van der Waals surface area contributed by atoms with Crippen molar-refractivity contribution in [3.63, 3.8) is 0 Å². The van der Waals surface area contributed by atoms with Crippen LogP contribution in [0, 0.1) is 46.6 Å². The molecule has 7 heteroatoms. The van der Waals surface area contributed by atoms with E-state index in [1.807, 2.05) is 35.6 Å². The number of halogens is 2. The van der Waals surface area contributed by atoms with Gasteiger partial charge in [-0.1, -0.05) is 0 Å². The summed E-state index contributed by atoms with van der Waals surface area (Å²) in [5, 5.41) is 21.4. The average molecular weight is 446 g/mol. The molecule has 1 aromatic heterocycles. The van der Waals surface area contributed by atoms with E-state index in [1.165, 1.54) is 25.0 Å². The molecular weight excluding hydrogens is 420 g/mol. The molecule has 2 aromatic carbocycles. The standard InChI is InChI=1S/C26H25F2N5/c27-23-9-19(10-24(28)11-23)26-3-4-30-32(26)14-21-8-22(18-6-17(21)7-18)15-33-25-2-1-16(12-29)5-20(25)13-31-33/h1-2,4-5,9-11,13,17-18,21-22,26H,3,6-8,14-15H2/t17?,18?,21?,22-,26-/m0/s1. The van der Waals surface area contributed by atoms with Crippen molar-refractivity contribution in [2.75, 3.05) is 6.54 Å². The van der Waals surface area contributed by atoms with Gasteiger partial charge in [0.1, 0.15) is 11.6 Å². The topological polar surface area (TPSA) is 57.2 Å². The second-order valence-electron chi connectivity index (χ2n) is 9.83. The molecule has 0 amide bonds. The van der Waals surface area contributed by atoms with E-state index < -0.39 is 11.6 Å². The predicted molar refractivity (Wildman–Crippen MR) is 121 cm³/mol. The number of aromatic nitrogens is 2. The number of hydrogen-bond acceptors (Lipinski definition) is 4. The van der Waals surface area contributed by atoms with Crippen molar-refractivity contribution in [3.05, 3.63) is 65.4 Å². The Labute approximate surface area is 191 Å². The van der Waals surface area contributed by atoms with Crippen molar-refractivity contribution < 1.29 is 8.78 Å². The number of nitriles is 1. The first-order valence-electron chi connectivity index (χ1n) is 11.7. The third-order valence-corrected chi connectivity index (χ3v) is 7.94. The van der Waals surface area contributed by atoms with Crippen LogP contribution in [0.1, 0.15) is 42.9 Å². The van der Waals surface area contributed by atoms with E-state index in [0.717, 1.165) is 42.4 Å². The molecule has 0 spiro atoms. The van der Waals surface area contributed by atoms with Gasteiger partial charge in [0.05, 0.1) is 29.4 Å². The van der Waals surface area contributed by atoms with Gasteiger partial charge in [-0.2, -0.15) is 15.5 Å². The summed E-state index contributed by atoms with van der Waals surface area (Å²) >= 11 is 0. The molecule has 3 aliphatic carbocycles. The van der Waals surface area contributed by atoms with Crippen LogP contribution in [0.2, 0.25) is 0 Å². The molecule has 0 N–H and O–H groups in total. The van der Waals surface area contributed by atoms with Gasteiger partial charge in [-0.25, -0.2) is 8.78 Å². The third-order valence-electron chi connectivity index (χ3n) is 7.94. The van der Waals surface area contributed by atoms with E-state index >= 15 is 0 Å². The minimum atomic E-state index is -0.537. The Kier molecular flexibility index (Phi) is 4.90. The van der Waals surface area contributed by atoms with Crippen LogP contribution >= 0.6 is 0 Å². The van der Waals surface area contributed by atoms with Gasteiger partial charge in [-0.3, -0.25) is 9.69 Å². The van der Waals surface area contributed by atoms with Crippen molar-refractivity contribution in [2.24, 2.45) is 28.8 Å². The molecule has 2 bridgehead atoms. The number of hydrogen-bond donors (Lipinski definition) is 0. The van der Waals surface area contributed by atoms with E-state index in [1.54, 1.807) is 0 Å². The van der Waals surface area contributed by atoms with Gasteiger partial charge in [0.2, 0.25) is 0 Å². The Morgan fingerprint density at radius 2 is 1.73 bits per heavy atom. The average Bonchev–Trinajstić information content (AvgIpc) is 3.39. The van der Waals surface area contributed by atoms with Crippen molar-refractivity contribution >= 4 is 17.1 Å². The molecule has 4 aliphatic rings. The summed E-state index contributed by atoms with van der Waals surface area (Å²) in [5.74, 6) is 1.44. The minimum absolute atomic E-state index is 0.101. The fourth-order valence-electron chi connectivity index (χ4n) is 6.17. The van der Waals surface area contributed by atoms with Crippen molar-refractivity contribution in [3.8, 4) is 6.07 Å². The first-order chi connectivity index (χ1) is 16.1. The first kappa shape index (κ1) is 20.3. The number of nitrogens with zero attached hydrogens (tertiary/aromatic N) is 5. The predicted octanol–water partition coefficient (Wildman–Crippen LogP) is 5.28. The zero-order valence-electron chi connectivity index (χ0n) is 18.2. The molecule has 3 atom stereocenters. The summed E-state index contributed by atoms with van der Waals surface area (Å²) in [6.45, 7) is 1.70. The van der Waals surface area contributed by atoms with Crippen molar-refractivity contribution in [1.82, 2.24) is 14.8 Å². The molecule has 33 heavy (non-hydrogen) atoms. The Bertz CT molecular complexity index is 1250. The maximum atomic E-state index is 13.8. The van der Waals surface area contributed by atoms with E-state index in [4.69, 9.17) is 5.26 Å². The van der Waals surface area contributed by atoms with E-state index in [-0.39, 0.29) is 6.04 Å². The highest BCUT2D eigenvalue weighted by molar-refractivity contribution is 5.80. The second-order valence-corrected chi connectivity index (χ2v) is 9.83. The zero-order chi connectivity index (χ0) is 22.5. The number of fused-ring (bicyclic) bond motifs is 3. The molecule has 3 fully saturated rings. The van der Waals surface area contributed by atoms with Crippen LogP contribution in [0.3, 0.4) is 0 Å². The smallest absolute Gasteiger partial charge is 0.126 e. The van der Waals surface area contributed by atoms with Gasteiger partial charge < -0.3 is 0 Å². The number of hydrazone groups is 1. The monoisotopic (exact) mass is 445 g/mol. The Morgan fingerprint density at radius 3 is 2.48 bits per heavy atom. The second kappa shape index (κ2) is 7.95. The third kappa shape index (κ3) is 3.68. The Balaban J connectivity index is 1.17. The molecule has 0 radical (unpaired) electrons. The van der Waals surface area contributed by atoms with Crippen LogP contribution in [0.4, 0.5) is 8.78 Å². The van der Waals surface area contributed by atoms with Gasteiger partial charge in [0.25, 0.3) is 0 Å².